The number of rotatable bonds is 6. The van der Waals surface area contributed by atoms with Gasteiger partial charge in [-0.25, -0.2) is 0 Å². The van der Waals surface area contributed by atoms with E-state index in [0.717, 1.165) is 23.4 Å². The van der Waals surface area contributed by atoms with E-state index in [1.54, 1.807) is 13.2 Å². The Balaban J connectivity index is 1.72. The van der Waals surface area contributed by atoms with E-state index in [0.29, 0.717) is 33.1 Å². The fourth-order valence-electron chi connectivity index (χ4n) is 3.15. The number of nitrogens with zero attached hydrogens (tertiary/aromatic N) is 3. The number of aromatic nitrogens is 3. The van der Waals surface area contributed by atoms with Crippen LogP contribution in [-0.2, 0) is 11.9 Å². The Morgan fingerprint density at radius 2 is 1.62 bits per heavy atom. The molecular formula is C23H17ClF3N3OS. The molecule has 0 saturated carbocycles. The van der Waals surface area contributed by atoms with Crippen molar-refractivity contribution in [2.24, 2.45) is 0 Å². The fourth-order valence-corrected chi connectivity index (χ4v) is 4.27. The molecule has 0 atom stereocenters. The molecule has 0 N–H and O–H groups in total. The van der Waals surface area contributed by atoms with Gasteiger partial charge in [-0.15, -0.1) is 10.2 Å². The van der Waals surface area contributed by atoms with Crippen molar-refractivity contribution in [2.75, 3.05) is 7.11 Å². The summed E-state index contributed by atoms with van der Waals surface area (Å²) in [4.78, 5) is 0. The first-order chi connectivity index (χ1) is 15.4. The van der Waals surface area contributed by atoms with Gasteiger partial charge in [-0.2, -0.15) is 13.2 Å². The molecule has 0 spiro atoms. The van der Waals surface area contributed by atoms with Crippen molar-refractivity contribution in [3.8, 4) is 22.8 Å². The van der Waals surface area contributed by atoms with Crippen LogP contribution in [-0.4, -0.2) is 21.9 Å². The van der Waals surface area contributed by atoms with Crippen LogP contribution in [0.15, 0.2) is 78.0 Å². The van der Waals surface area contributed by atoms with Gasteiger partial charge in [-0.1, -0.05) is 59.8 Å². The smallest absolute Gasteiger partial charge is 0.416 e. The average Bonchev–Trinajstić information content (AvgIpc) is 3.21. The van der Waals surface area contributed by atoms with Crippen molar-refractivity contribution in [1.29, 1.82) is 0 Å². The molecule has 1 heterocycles. The van der Waals surface area contributed by atoms with E-state index in [1.807, 2.05) is 47.0 Å². The summed E-state index contributed by atoms with van der Waals surface area (Å²) in [6.45, 7) is 0. The molecule has 0 amide bonds. The van der Waals surface area contributed by atoms with Gasteiger partial charge in [-0.05, 0) is 42.0 Å². The summed E-state index contributed by atoms with van der Waals surface area (Å²) in [7, 11) is 1.58. The molecule has 0 saturated heterocycles. The van der Waals surface area contributed by atoms with Crippen molar-refractivity contribution in [1.82, 2.24) is 14.8 Å². The Morgan fingerprint density at radius 1 is 0.938 bits per heavy atom. The summed E-state index contributed by atoms with van der Waals surface area (Å²) in [6, 6.07) is 19.8. The van der Waals surface area contributed by atoms with Gasteiger partial charge in [0.1, 0.15) is 5.75 Å². The van der Waals surface area contributed by atoms with E-state index >= 15 is 0 Å². The Bertz CT molecular complexity index is 1230. The molecule has 0 fully saturated rings. The first-order valence-electron chi connectivity index (χ1n) is 9.51. The zero-order valence-electron chi connectivity index (χ0n) is 16.8. The monoisotopic (exact) mass is 475 g/mol. The molecule has 32 heavy (non-hydrogen) atoms. The zero-order valence-corrected chi connectivity index (χ0v) is 18.4. The second-order valence-corrected chi connectivity index (χ2v) is 8.13. The van der Waals surface area contributed by atoms with Crippen molar-refractivity contribution < 1.29 is 17.9 Å². The summed E-state index contributed by atoms with van der Waals surface area (Å²) < 4.78 is 45.9. The number of halogens is 4. The predicted octanol–water partition coefficient (Wildman–Crippen LogP) is 6.91. The van der Waals surface area contributed by atoms with E-state index in [9.17, 15) is 13.2 Å². The number of para-hydroxylation sites is 2. The van der Waals surface area contributed by atoms with E-state index in [1.165, 1.54) is 23.9 Å². The van der Waals surface area contributed by atoms with E-state index in [4.69, 9.17) is 16.3 Å². The fraction of sp³-hybridized carbons (Fsp3) is 0.130. The average molecular weight is 476 g/mol. The van der Waals surface area contributed by atoms with Crippen molar-refractivity contribution in [3.63, 3.8) is 0 Å². The molecule has 0 unspecified atom stereocenters. The molecule has 4 rings (SSSR count). The van der Waals surface area contributed by atoms with Crippen LogP contribution in [0.5, 0.6) is 5.75 Å². The molecule has 1 aromatic heterocycles. The Morgan fingerprint density at radius 3 is 2.31 bits per heavy atom. The third-order valence-corrected chi connectivity index (χ3v) is 6.05. The summed E-state index contributed by atoms with van der Waals surface area (Å²) in [5, 5.41) is 9.78. The lowest BCUT2D eigenvalue weighted by molar-refractivity contribution is -0.137. The Kier molecular flexibility index (Phi) is 6.43. The minimum Gasteiger partial charge on any atom is -0.495 e. The van der Waals surface area contributed by atoms with Crippen molar-refractivity contribution >= 4 is 23.4 Å². The van der Waals surface area contributed by atoms with Crippen LogP contribution in [0.4, 0.5) is 13.2 Å². The molecule has 0 bridgehead atoms. The number of hydrogen-bond acceptors (Lipinski definition) is 4. The molecule has 9 heteroatoms. The molecular weight excluding hydrogens is 459 g/mol. The Labute approximate surface area is 192 Å². The highest BCUT2D eigenvalue weighted by Gasteiger charge is 2.30. The number of methoxy groups -OCH3 is 1. The second-order valence-electron chi connectivity index (χ2n) is 6.78. The minimum atomic E-state index is -4.36. The lowest BCUT2D eigenvalue weighted by Gasteiger charge is -2.14. The summed E-state index contributed by atoms with van der Waals surface area (Å²) >= 11 is 7.77. The van der Waals surface area contributed by atoms with Gasteiger partial charge in [0.15, 0.2) is 11.0 Å². The number of hydrogen-bond donors (Lipinski definition) is 0. The van der Waals surface area contributed by atoms with Gasteiger partial charge in [0, 0.05) is 11.3 Å². The van der Waals surface area contributed by atoms with E-state index in [2.05, 4.69) is 10.2 Å². The predicted molar refractivity (Wildman–Crippen MR) is 119 cm³/mol. The van der Waals surface area contributed by atoms with Gasteiger partial charge >= 0.3 is 6.18 Å². The maximum Gasteiger partial charge on any atom is 0.416 e. The maximum absolute atomic E-state index is 12.8. The quantitative estimate of drug-likeness (QED) is 0.284. The largest absolute Gasteiger partial charge is 0.495 e. The molecule has 3 aromatic carbocycles. The molecule has 0 aliphatic rings. The lowest BCUT2D eigenvalue weighted by atomic mass is 10.1. The Hall–Kier alpha value is -2.97. The van der Waals surface area contributed by atoms with Crippen LogP contribution in [0, 0.1) is 0 Å². The number of ether oxygens (including phenoxy) is 1. The molecule has 164 valence electrons. The van der Waals surface area contributed by atoms with Gasteiger partial charge in [0.25, 0.3) is 0 Å². The topological polar surface area (TPSA) is 39.9 Å². The lowest BCUT2D eigenvalue weighted by Crippen LogP contribution is -2.04. The van der Waals surface area contributed by atoms with Crippen LogP contribution >= 0.6 is 23.4 Å². The SMILES string of the molecule is COc1ccccc1-n1c(SCc2ccc(C(F)(F)F)cc2)nnc1-c1ccccc1Cl. The van der Waals surface area contributed by atoms with Crippen LogP contribution < -0.4 is 4.74 Å². The third kappa shape index (κ3) is 4.61. The highest BCUT2D eigenvalue weighted by atomic mass is 35.5. The zero-order chi connectivity index (χ0) is 22.7. The number of benzene rings is 3. The van der Waals surface area contributed by atoms with Crippen LogP contribution in [0.2, 0.25) is 5.02 Å². The third-order valence-electron chi connectivity index (χ3n) is 4.72. The van der Waals surface area contributed by atoms with Gasteiger partial charge < -0.3 is 4.74 Å². The second kappa shape index (κ2) is 9.26. The molecule has 0 aliphatic carbocycles. The molecule has 0 radical (unpaired) electrons. The molecule has 0 aliphatic heterocycles. The normalized spacial score (nSPS) is 11.5. The van der Waals surface area contributed by atoms with Gasteiger partial charge in [0.2, 0.25) is 0 Å². The molecule has 4 nitrogen and oxygen atoms in total. The van der Waals surface area contributed by atoms with Crippen molar-refractivity contribution in [3.05, 3.63) is 88.9 Å². The highest BCUT2D eigenvalue weighted by molar-refractivity contribution is 7.98. The van der Waals surface area contributed by atoms with E-state index < -0.39 is 11.7 Å². The summed E-state index contributed by atoms with van der Waals surface area (Å²) in [5.41, 5.74) is 1.49. The summed E-state index contributed by atoms with van der Waals surface area (Å²) in [5.74, 6) is 1.57. The molecule has 4 aromatic rings. The standard InChI is InChI=1S/C23H17ClF3N3OS/c1-31-20-9-5-4-8-19(20)30-21(17-6-2-3-7-18(17)24)28-29-22(30)32-14-15-10-12-16(13-11-15)23(25,26)27/h2-13H,14H2,1H3. The maximum atomic E-state index is 12.8. The highest BCUT2D eigenvalue weighted by Crippen LogP contribution is 2.36. The first-order valence-corrected chi connectivity index (χ1v) is 10.9. The van der Waals surface area contributed by atoms with Crippen LogP contribution in [0.25, 0.3) is 17.1 Å². The van der Waals surface area contributed by atoms with Crippen LogP contribution in [0.1, 0.15) is 11.1 Å². The van der Waals surface area contributed by atoms with Crippen LogP contribution in [0.3, 0.4) is 0 Å². The van der Waals surface area contributed by atoms with E-state index in [-0.39, 0.29) is 0 Å². The number of alkyl halides is 3. The van der Waals surface area contributed by atoms with Gasteiger partial charge in [-0.3, -0.25) is 4.57 Å². The van der Waals surface area contributed by atoms with Crippen molar-refractivity contribution in [2.45, 2.75) is 17.1 Å². The minimum absolute atomic E-state index is 0.411. The first kappa shape index (κ1) is 22.2. The number of thioether (sulfide) groups is 1. The van der Waals surface area contributed by atoms with Gasteiger partial charge in [0.05, 0.1) is 23.4 Å². The summed E-state index contributed by atoms with van der Waals surface area (Å²) in [6.07, 6.45) is -4.36.